The summed E-state index contributed by atoms with van der Waals surface area (Å²) in [5.41, 5.74) is 2.05. The quantitative estimate of drug-likeness (QED) is 0.483. The second kappa shape index (κ2) is 11.0. The van der Waals surface area contributed by atoms with E-state index in [-0.39, 0.29) is 18.0 Å². The molecular formula is C24H31ClN5OS+. The fraction of sp³-hybridized carbons (Fsp3) is 0.375. The number of carbonyl (C=O) groups excluding carboxylic acids is 1. The van der Waals surface area contributed by atoms with Crippen LogP contribution in [0.4, 0.5) is 0 Å². The van der Waals surface area contributed by atoms with Crippen LogP contribution in [0.2, 0.25) is 5.02 Å². The van der Waals surface area contributed by atoms with Crippen molar-refractivity contribution in [1.29, 1.82) is 0 Å². The molecule has 170 valence electrons. The van der Waals surface area contributed by atoms with Gasteiger partial charge in [0.15, 0.2) is 11.0 Å². The molecule has 0 spiro atoms. The SMILES string of the molecule is CC(C)N(Cc1ccccc1)C(=O)CSc1nnc([C@@H](C)[NH+](C)C)n1-c1ccc(Cl)cc1. The number of benzene rings is 2. The number of thioether (sulfide) groups is 1. The van der Waals surface area contributed by atoms with Crippen molar-refractivity contribution < 1.29 is 9.69 Å². The molecule has 0 bridgehead atoms. The van der Waals surface area contributed by atoms with Gasteiger partial charge in [-0.05, 0) is 50.6 Å². The molecule has 6 nitrogen and oxygen atoms in total. The summed E-state index contributed by atoms with van der Waals surface area (Å²) >= 11 is 7.52. The molecule has 1 amide bonds. The van der Waals surface area contributed by atoms with Crippen molar-refractivity contribution in [3.8, 4) is 5.69 Å². The number of hydrogen-bond acceptors (Lipinski definition) is 4. The molecule has 0 aliphatic carbocycles. The highest BCUT2D eigenvalue weighted by Crippen LogP contribution is 2.26. The van der Waals surface area contributed by atoms with Gasteiger partial charge in [-0.3, -0.25) is 9.36 Å². The van der Waals surface area contributed by atoms with E-state index < -0.39 is 0 Å². The third-order valence-corrected chi connectivity index (χ3v) is 6.63. The highest BCUT2D eigenvalue weighted by Gasteiger charge is 2.25. The van der Waals surface area contributed by atoms with E-state index in [0.29, 0.717) is 22.5 Å². The molecular weight excluding hydrogens is 442 g/mol. The Hall–Kier alpha value is -2.35. The van der Waals surface area contributed by atoms with Gasteiger partial charge < -0.3 is 9.80 Å². The molecule has 1 atom stereocenters. The lowest BCUT2D eigenvalue weighted by Crippen LogP contribution is -3.05. The molecule has 0 unspecified atom stereocenters. The normalized spacial score (nSPS) is 12.4. The van der Waals surface area contributed by atoms with Gasteiger partial charge in [-0.15, -0.1) is 10.2 Å². The van der Waals surface area contributed by atoms with Crippen LogP contribution in [0, 0.1) is 0 Å². The number of aromatic nitrogens is 3. The van der Waals surface area contributed by atoms with Crippen LogP contribution in [0.1, 0.15) is 38.2 Å². The Morgan fingerprint density at radius 3 is 2.31 bits per heavy atom. The molecule has 0 aliphatic rings. The standard InChI is InChI=1S/C24H30ClN5OS/c1-17(2)29(15-19-9-7-6-8-10-19)22(31)16-32-24-27-26-23(18(3)28(4)5)30(24)21-13-11-20(25)12-14-21/h6-14,17-18H,15-16H2,1-5H3/p+1/t18-/m1/s1. The zero-order chi connectivity index (χ0) is 23.3. The van der Waals surface area contributed by atoms with Crippen molar-refractivity contribution in [2.24, 2.45) is 0 Å². The lowest BCUT2D eigenvalue weighted by Gasteiger charge is -2.27. The summed E-state index contributed by atoms with van der Waals surface area (Å²) in [6, 6.07) is 17.9. The molecule has 3 aromatic rings. The first-order chi connectivity index (χ1) is 15.3. The van der Waals surface area contributed by atoms with Gasteiger partial charge in [-0.25, -0.2) is 0 Å². The summed E-state index contributed by atoms with van der Waals surface area (Å²) in [5, 5.41) is 10.3. The highest BCUT2D eigenvalue weighted by atomic mass is 35.5. The van der Waals surface area contributed by atoms with Crippen LogP contribution in [0.3, 0.4) is 0 Å². The second-order valence-electron chi connectivity index (χ2n) is 8.34. The van der Waals surface area contributed by atoms with Gasteiger partial charge in [0.25, 0.3) is 0 Å². The van der Waals surface area contributed by atoms with E-state index in [1.165, 1.54) is 16.7 Å². The summed E-state index contributed by atoms with van der Waals surface area (Å²) in [7, 11) is 4.18. The Labute approximate surface area is 199 Å². The largest absolute Gasteiger partial charge is 0.335 e. The number of hydrogen-bond donors (Lipinski definition) is 1. The maximum absolute atomic E-state index is 13.1. The lowest BCUT2D eigenvalue weighted by atomic mass is 10.2. The third-order valence-electron chi connectivity index (χ3n) is 5.46. The maximum Gasteiger partial charge on any atom is 0.233 e. The van der Waals surface area contributed by atoms with E-state index in [1.54, 1.807) is 0 Å². The van der Waals surface area contributed by atoms with Crippen molar-refractivity contribution >= 4 is 29.3 Å². The minimum Gasteiger partial charge on any atom is -0.335 e. The monoisotopic (exact) mass is 472 g/mol. The van der Waals surface area contributed by atoms with Crippen LogP contribution in [0.25, 0.3) is 5.69 Å². The molecule has 0 saturated heterocycles. The third kappa shape index (κ3) is 5.91. The van der Waals surface area contributed by atoms with E-state index in [0.717, 1.165) is 17.1 Å². The average molecular weight is 473 g/mol. The number of nitrogens with zero attached hydrogens (tertiary/aromatic N) is 4. The van der Waals surface area contributed by atoms with Crippen LogP contribution in [0.5, 0.6) is 0 Å². The average Bonchev–Trinajstić information content (AvgIpc) is 3.20. The molecule has 0 radical (unpaired) electrons. The molecule has 1 N–H and O–H groups in total. The Morgan fingerprint density at radius 1 is 1.06 bits per heavy atom. The number of nitrogens with one attached hydrogen (secondary N) is 1. The van der Waals surface area contributed by atoms with Crippen LogP contribution < -0.4 is 4.90 Å². The van der Waals surface area contributed by atoms with E-state index in [1.807, 2.05) is 77.9 Å². The van der Waals surface area contributed by atoms with E-state index in [4.69, 9.17) is 11.6 Å². The molecule has 0 fully saturated rings. The highest BCUT2D eigenvalue weighted by molar-refractivity contribution is 7.99. The smallest absolute Gasteiger partial charge is 0.233 e. The van der Waals surface area contributed by atoms with Crippen molar-refractivity contribution in [2.45, 2.75) is 44.6 Å². The van der Waals surface area contributed by atoms with E-state index >= 15 is 0 Å². The predicted molar refractivity (Wildman–Crippen MR) is 130 cm³/mol. The number of rotatable bonds is 9. The maximum atomic E-state index is 13.1. The molecule has 8 heteroatoms. The molecule has 0 saturated carbocycles. The van der Waals surface area contributed by atoms with Gasteiger partial charge in [0.05, 0.1) is 19.8 Å². The minimum atomic E-state index is 0.0762. The number of amides is 1. The summed E-state index contributed by atoms with van der Waals surface area (Å²) in [6.07, 6.45) is 0. The summed E-state index contributed by atoms with van der Waals surface area (Å²) < 4.78 is 2.03. The summed E-state index contributed by atoms with van der Waals surface area (Å²) in [4.78, 5) is 16.3. The predicted octanol–water partition coefficient (Wildman–Crippen LogP) is 3.66. The van der Waals surface area contributed by atoms with Gasteiger partial charge in [0, 0.05) is 23.3 Å². The molecule has 32 heavy (non-hydrogen) atoms. The topological polar surface area (TPSA) is 55.5 Å². The summed E-state index contributed by atoms with van der Waals surface area (Å²) in [5.74, 6) is 1.22. The zero-order valence-corrected chi connectivity index (χ0v) is 20.8. The summed E-state index contributed by atoms with van der Waals surface area (Å²) in [6.45, 7) is 6.79. The minimum absolute atomic E-state index is 0.0762. The lowest BCUT2D eigenvalue weighted by molar-refractivity contribution is -0.890. The van der Waals surface area contributed by atoms with Crippen molar-refractivity contribution in [3.05, 3.63) is 71.0 Å². The first-order valence-corrected chi connectivity index (χ1v) is 12.1. The first kappa shape index (κ1) is 24.3. The van der Waals surface area contributed by atoms with Gasteiger partial charge >= 0.3 is 0 Å². The first-order valence-electron chi connectivity index (χ1n) is 10.8. The second-order valence-corrected chi connectivity index (χ2v) is 9.72. The van der Waals surface area contributed by atoms with Gasteiger partial charge in [0.2, 0.25) is 5.91 Å². The number of quaternary nitrogens is 1. The van der Waals surface area contributed by atoms with Gasteiger partial charge in [-0.1, -0.05) is 53.7 Å². The van der Waals surface area contributed by atoms with Gasteiger partial charge in [-0.2, -0.15) is 0 Å². The van der Waals surface area contributed by atoms with Crippen LogP contribution in [0.15, 0.2) is 59.8 Å². The molecule has 1 aromatic heterocycles. The number of halogens is 1. The van der Waals surface area contributed by atoms with Crippen LogP contribution >= 0.6 is 23.4 Å². The Kier molecular flexibility index (Phi) is 8.34. The number of carbonyl (C=O) groups is 1. The van der Waals surface area contributed by atoms with Gasteiger partial charge in [0.1, 0.15) is 6.04 Å². The Balaban J connectivity index is 1.83. The van der Waals surface area contributed by atoms with E-state index in [9.17, 15) is 4.79 Å². The molecule has 2 aromatic carbocycles. The molecule has 0 aliphatic heterocycles. The Bertz CT molecular complexity index is 1020. The van der Waals surface area contributed by atoms with Crippen LogP contribution in [-0.2, 0) is 11.3 Å². The van der Waals surface area contributed by atoms with E-state index in [2.05, 4.69) is 31.2 Å². The molecule has 1 heterocycles. The fourth-order valence-corrected chi connectivity index (χ4v) is 4.27. The molecule has 3 rings (SSSR count). The van der Waals surface area contributed by atoms with Crippen molar-refractivity contribution in [3.63, 3.8) is 0 Å². The Morgan fingerprint density at radius 2 is 1.72 bits per heavy atom. The zero-order valence-electron chi connectivity index (χ0n) is 19.2. The van der Waals surface area contributed by atoms with Crippen LogP contribution in [-0.4, -0.2) is 51.5 Å². The fourth-order valence-electron chi connectivity index (χ4n) is 3.29. The van der Waals surface area contributed by atoms with Crippen molar-refractivity contribution in [2.75, 3.05) is 19.8 Å². The van der Waals surface area contributed by atoms with Crippen molar-refractivity contribution in [1.82, 2.24) is 19.7 Å².